The summed E-state index contributed by atoms with van der Waals surface area (Å²) in [6.45, 7) is -0.316. The maximum Gasteiger partial charge on any atom is 0.262 e. The van der Waals surface area contributed by atoms with Crippen LogP contribution in [0.3, 0.4) is 0 Å². The van der Waals surface area contributed by atoms with Gasteiger partial charge in [-0.05, 0) is 66.7 Å². The van der Waals surface area contributed by atoms with Crippen molar-refractivity contribution >= 4 is 43.2 Å². The molecule has 0 unspecified atom stereocenters. The minimum absolute atomic E-state index is 0.0514. The monoisotopic (exact) mass is 515 g/mol. The highest BCUT2D eigenvalue weighted by Gasteiger charge is 2.18. The predicted octanol–water partition coefficient (Wildman–Crippen LogP) is 4.15. The second kappa shape index (κ2) is 10.2. The molecule has 3 aromatic rings. The van der Waals surface area contributed by atoms with Crippen LogP contribution in [0.2, 0.25) is 0 Å². The first-order valence-electron chi connectivity index (χ1n) is 9.20. The number of rotatable bonds is 8. The summed E-state index contributed by atoms with van der Waals surface area (Å²) in [5.41, 5.74) is 1.05. The minimum Gasteiger partial charge on any atom is -0.495 e. The third-order valence-corrected chi connectivity index (χ3v) is 6.11. The lowest BCUT2D eigenvalue weighted by atomic mass is 10.2. The van der Waals surface area contributed by atoms with Gasteiger partial charge in [-0.2, -0.15) is 5.26 Å². The molecule has 0 heterocycles. The van der Waals surface area contributed by atoms with Crippen molar-refractivity contribution in [2.45, 2.75) is 4.90 Å². The molecule has 0 aliphatic rings. The largest absolute Gasteiger partial charge is 0.495 e. The van der Waals surface area contributed by atoms with E-state index in [9.17, 15) is 13.2 Å². The first kappa shape index (κ1) is 23.1. The number of sulfonamides is 1. The average molecular weight is 516 g/mol. The van der Waals surface area contributed by atoms with Gasteiger partial charge in [-0.3, -0.25) is 9.52 Å². The van der Waals surface area contributed by atoms with Gasteiger partial charge < -0.3 is 14.8 Å². The molecule has 32 heavy (non-hydrogen) atoms. The molecular formula is C22H18BrN3O5S. The Morgan fingerprint density at radius 1 is 1.06 bits per heavy atom. The van der Waals surface area contributed by atoms with Crippen molar-refractivity contribution in [3.8, 4) is 17.6 Å². The summed E-state index contributed by atoms with van der Waals surface area (Å²) in [5, 5.41) is 11.4. The summed E-state index contributed by atoms with van der Waals surface area (Å²) in [5.74, 6) is 0.198. The Morgan fingerprint density at radius 2 is 1.75 bits per heavy atom. The fraction of sp³-hybridized carbons (Fsp3) is 0.0909. The van der Waals surface area contributed by atoms with Gasteiger partial charge in [0.2, 0.25) is 0 Å². The molecule has 10 heteroatoms. The Morgan fingerprint density at radius 3 is 2.38 bits per heavy atom. The third kappa shape index (κ3) is 6.00. The van der Waals surface area contributed by atoms with Crippen LogP contribution in [-0.4, -0.2) is 28.0 Å². The van der Waals surface area contributed by atoms with E-state index < -0.39 is 15.9 Å². The van der Waals surface area contributed by atoms with Crippen LogP contribution in [0.4, 0.5) is 11.4 Å². The second-order valence-corrected chi connectivity index (χ2v) is 9.05. The van der Waals surface area contributed by atoms with Crippen LogP contribution in [0, 0.1) is 11.3 Å². The molecule has 3 aromatic carbocycles. The van der Waals surface area contributed by atoms with Gasteiger partial charge in [-0.1, -0.05) is 15.9 Å². The van der Waals surface area contributed by atoms with Gasteiger partial charge in [0.05, 0.1) is 29.3 Å². The number of hydrogen-bond acceptors (Lipinski definition) is 6. The molecule has 3 rings (SSSR count). The standard InChI is InChI=1S/C22H18BrN3O5S/c1-30-21-11-10-19(32(28,29)26-17-6-4-16(23)5-7-17)12-20(21)25-22(27)14-31-18-8-2-15(13-24)3-9-18/h2-12,26H,14H2,1H3,(H,25,27). The quantitative estimate of drug-likeness (QED) is 0.465. The van der Waals surface area contributed by atoms with Crippen molar-refractivity contribution in [1.82, 2.24) is 0 Å². The van der Waals surface area contributed by atoms with E-state index in [4.69, 9.17) is 14.7 Å². The first-order valence-corrected chi connectivity index (χ1v) is 11.5. The Bertz CT molecular complexity index is 1250. The zero-order chi connectivity index (χ0) is 23.1. The first-order chi connectivity index (χ1) is 15.3. The summed E-state index contributed by atoms with van der Waals surface area (Å²) in [4.78, 5) is 12.3. The van der Waals surface area contributed by atoms with Crippen molar-refractivity contribution < 1.29 is 22.7 Å². The molecule has 0 radical (unpaired) electrons. The highest BCUT2D eigenvalue weighted by molar-refractivity contribution is 9.10. The summed E-state index contributed by atoms with van der Waals surface area (Å²) < 4.78 is 39.5. The molecule has 8 nitrogen and oxygen atoms in total. The maximum absolute atomic E-state index is 12.8. The summed E-state index contributed by atoms with van der Waals surface area (Å²) in [7, 11) is -2.49. The molecule has 0 saturated carbocycles. The molecule has 1 amide bonds. The van der Waals surface area contributed by atoms with E-state index in [0.717, 1.165) is 4.47 Å². The molecular weight excluding hydrogens is 498 g/mol. The smallest absolute Gasteiger partial charge is 0.262 e. The number of anilines is 2. The lowest BCUT2D eigenvalue weighted by molar-refractivity contribution is -0.118. The van der Waals surface area contributed by atoms with Crippen LogP contribution in [0.5, 0.6) is 11.5 Å². The van der Waals surface area contributed by atoms with Crippen molar-refractivity contribution in [2.75, 3.05) is 23.8 Å². The van der Waals surface area contributed by atoms with E-state index in [-0.39, 0.29) is 17.2 Å². The maximum atomic E-state index is 12.8. The highest BCUT2D eigenvalue weighted by Crippen LogP contribution is 2.29. The van der Waals surface area contributed by atoms with E-state index in [2.05, 4.69) is 26.0 Å². The topological polar surface area (TPSA) is 118 Å². The number of hydrogen-bond donors (Lipinski definition) is 2. The van der Waals surface area contributed by atoms with E-state index in [1.54, 1.807) is 48.5 Å². The molecule has 2 N–H and O–H groups in total. The zero-order valence-electron chi connectivity index (χ0n) is 16.8. The summed E-state index contributed by atoms with van der Waals surface area (Å²) in [6.07, 6.45) is 0. The second-order valence-electron chi connectivity index (χ2n) is 6.45. The Kier molecular flexibility index (Phi) is 7.35. The van der Waals surface area contributed by atoms with E-state index in [0.29, 0.717) is 22.7 Å². The van der Waals surface area contributed by atoms with Gasteiger partial charge in [0.1, 0.15) is 11.5 Å². The SMILES string of the molecule is COc1ccc(S(=O)(=O)Nc2ccc(Br)cc2)cc1NC(=O)COc1ccc(C#N)cc1. The highest BCUT2D eigenvalue weighted by atomic mass is 79.9. The number of nitriles is 1. The van der Waals surface area contributed by atoms with Gasteiger partial charge in [0.15, 0.2) is 6.61 Å². The Balaban J connectivity index is 1.72. The fourth-order valence-corrected chi connectivity index (χ4v) is 3.99. The number of nitrogens with zero attached hydrogens (tertiary/aromatic N) is 1. The Hall–Kier alpha value is -3.55. The number of carbonyl (C=O) groups is 1. The molecule has 164 valence electrons. The molecule has 0 aromatic heterocycles. The van der Waals surface area contributed by atoms with Gasteiger partial charge in [0, 0.05) is 10.2 Å². The Labute approximate surface area is 194 Å². The molecule has 0 saturated heterocycles. The third-order valence-electron chi connectivity index (χ3n) is 4.21. The van der Waals surface area contributed by atoms with Crippen molar-refractivity contribution in [3.63, 3.8) is 0 Å². The predicted molar refractivity (Wildman–Crippen MR) is 123 cm³/mol. The zero-order valence-corrected chi connectivity index (χ0v) is 19.2. The van der Waals surface area contributed by atoms with Gasteiger partial charge in [0.25, 0.3) is 15.9 Å². The number of halogens is 1. The minimum atomic E-state index is -3.90. The van der Waals surface area contributed by atoms with Crippen LogP contribution in [0.25, 0.3) is 0 Å². The van der Waals surface area contributed by atoms with Crippen molar-refractivity contribution in [1.29, 1.82) is 5.26 Å². The van der Waals surface area contributed by atoms with E-state index in [1.165, 1.54) is 25.3 Å². The number of nitrogens with one attached hydrogen (secondary N) is 2. The molecule has 0 fully saturated rings. The molecule has 0 bridgehead atoms. The van der Waals surface area contributed by atoms with Crippen LogP contribution in [0.15, 0.2) is 76.1 Å². The number of carbonyl (C=O) groups excluding carboxylic acids is 1. The number of benzene rings is 3. The molecule has 0 spiro atoms. The van der Waals surface area contributed by atoms with E-state index in [1.807, 2.05) is 6.07 Å². The van der Waals surface area contributed by atoms with Crippen LogP contribution >= 0.6 is 15.9 Å². The fourth-order valence-electron chi connectivity index (χ4n) is 2.64. The van der Waals surface area contributed by atoms with Crippen LogP contribution in [0.1, 0.15) is 5.56 Å². The lowest BCUT2D eigenvalue weighted by Gasteiger charge is -2.14. The summed E-state index contributed by atoms with van der Waals surface area (Å²) >= 11 is 3.30. The number of amides is 1. The van der Waals surface area contributed by atoms with Gasteiger partial charge >= 0.3 is 0 Å². The average Bonchev–Trinajstić information content (AvgIpc) is 2.79. The van der Waals surface area contributed by atoms with Gasteiger partial charge in [-0.25, -0.2) is 8.42 Å². The molecule has 0 atom stereocenters. The van der Waals surface area contributed by atoms with Crippen molar-refractivity contribution in [3.05, 3.63) is 76.8 Å². The number of ether oxygens (including phenoxy) is 2. The number of methoxy groups -OCH3 is 1. The van der Waals surface area contributed by atoms with Crippen molar-refractivity contribution in [2.24, 2.45) is 0 Å². The molecule has 0 aliphatic carbocycles. The molecule has 0 aliphatic heterocycles. The summed E-state index contributed by atoms with van der Waals surface area (Å²) in [6, 6.07) is 19.1. The lowest BCUT2D eigenvalue weighted by Crippen LogP contribution is -2.21. The van der Waals surface area contributed by atoms with Gasteiger partial charge in [-0.15, -0.1) is 0 Å². The van der Waals surface area contributed by atoms with Crippen LogP contribution in [-0.2, 0) is 14.8 Å². The van der Waals surface area contributed by atoms with Crippen LogP contribution < -0.4 is 19.5 Å². The van der Waals surface area contributed by atoms with E-state index >= 15 is 0 Å². The normalized spacial score (nSPS) is 10.7.